The van der Waals surface area contributed by atoms with Crippen molar-refractivity contribution in [2.45, 2.75) is 31.5 Å². The maximum Gasteiger partial charge on any atom is 0.230 e. The molecule has 150 valence electrons. The van der Waals surface area contributed by atoms with Crippen molar-refractivity contribution in [1.29, 1.82) is 0 Å². The second-order valence-corrected chi connectivity index (χ2v) is 8.14. The first-order chi connectivity index (χ1) is 14.1. The molecule has 0 aliphatic heterocycles. The van der Waals surface area contributed by atoms with Gasteiger partial charge in [0.25, 0.3) is 0 Å². The van der Waals surface area contributed by atoms with E-state index in [1.807, 2.05) is 60.7 Å². The lowest BCUT2D eigenvalue weighted by molar-refractivity contribution is -0.119. The monoisotopic (exact) mass is 406 g/mol. The third-order valence-corrected chi connectivity index (χ3v) is 5.14. The number of H-pyrrole nitrogens is 1. The van der Waals surface area contributed by atoms with E-state index in [-0.39, 0.29) is 17.7 Å². The lowest BCUT2D eigenvalue weighted by atomic mass is 9.97. The van der Waals surface area contributed by atoms with Crippen LogP contribution in [0.15, 0.2) is 65.8 Å². The van der Waals surface area contributed by atoms with Crippen LogP contribution in [0.4, 0.5) is 0 Å². The van der Waals surface area contributed by atoms with Gasteiger partial charge in [-0.15, -0.1) is 5.10 Å². The van der Waals surface area contributed by atoms with Crippen molar-refractivity contribution < 1.29 is 4.79 Å². The lowest BCUT2D eigenvalue weighted by Gasteiger charge is -2.21. The summed E-state index contributed by atoms with van der Waals surface area (Å²) in [6.07, 6.45) is 4.74. The van der Waals surface area contributed by atoms with E-state index in [4.69, 9.17) is 0 Å². The molecular formula is C23H26N4OS. The normalized spacial score (nSPS) is 12.4. The standard InChI is InChI=1S/C23H26N4OS/c1-17(2)15-20(19-11-7-4-8-12-19)24-22(28)16-29-23-25-21(26-27-23)14-13-18-9-5-3-6-10-18/h3-14,17,20H,15-16H2,1-2H3,(H,24,28)(H,25,26,27)/b14-13+. The fraction of sp³-hybridized carbons (Fsp3) is 0.261. The molecule has 0 saturated carbocycles. The third-order valence-electron chi connectivity index (χ3n) is 4.29. The van der Waals surface area contributed by atoms with Gasteiger partial charge in [-0.2, -0.15) is 0 Å². The van der Waals surface area contributed by atoms with E-state index >= 15 is 0 Å². The number of rotatable bonds is 9. The molecule has 29 heavy (non-hydrogen) atoms. The lowest BCUT2D eigenvalue weighted by Crippen LogP contribution is -2.30. The van der Waals surface area contributed by atoms with Crippen LogP contribution < -0.4 is 5.32 Å². The molecule has 5 nitrogen and oxygen atoms in total. The van der Waals surface area contributed by atoms with Gasteiger partial charge >= 0.3 is 0 Å². The summed E-state index contributed by atoms with van der Waals surface area (Å²) in [5.41, 5.74) is 2.22. The van der Waals surface area contributed by atoms with Crippen molar-refractivity contribution in [3.8, 4) is 0 Å². The second-order valence-electron chi connectivity index (χ2n) is 7.20. The first-order valence-electron chi connectivity index (χ1n) is 9.73. The molecule has 0 radical (unpaired) electrons. The molecular weight excluding hydrogens is 380 g/mol. The zero-order valence-electron chi connectivity index (χ0n) is 16.7. The minimum atomic E-state index is -0.0179. The Morgan fingerprint density at radius 3 is 2.45 bits per heavy atom. The van der Waals surface area contributed by atoms with Crippen LogP contribution in [-0.4, -0.2) is 26.8 Å². The van der Waals surface area contributed by atoms with Gasteiger partial charge in [-0.25, -0.2) is 4.98 Å². The molecule has 1 atom stereocenters. The summed E-state index contributed by atoms with van der Waals surface area (Å²) in [7, 11) is 0. The molecule has 1 amide bonds. The minimum Gasteiger partial charge on any atom is -0.349 e. The Labute approximate surface area is 176 Å². The quantitative estimate of drug-likeness (QED) is 0.492. The summed E-state index contributed by atoms with van der Waals surface area (Å²) in [6, 6.07) is 20.1. The highest BCUT2D eigenvalue weighted by atomic mass is 32.2. The first kappa shape index (κ1) is 20.9. The molecule has 2 N–H and O–H groups in total. The molecule has 0 aliphatic rings. The maximum absolute atomic E-state index is 12.5. The van der Waals surface area contributed by atoms with E-state index in [0.717, 1.165) is 17.5 Å². The number of benzene rings is 2. The average molecular weight is 407 g/mol. The number of aromatic amines is 1. The molecule has 0 aliphatic carbocycles. The Balaban J connectivity index is 1.53. The van der Waals surface area contributed by atoms with Crippen LogP contribution in [-0.2, 0) is 4.79 Å². The summed E-state index contributed by atoms with van der Waals surface area (Å²) in [6.45, 7) is 4.32. The van der Waals surface area contributed by atoms with Crippen molar-refractivity contribution in [3.05, 3.63) is 77.6 Å². The van der Waals surface area contributed by atoms with Crippen LogP contribution in [0.2, 0.25) is 0 Å². The molecule has 1 unspecified atom stereocenters. The van der Waals surface area contributed by atoms with Gasteiger partial charge in [-0.1, -0.05) is 92.3 Å². The summed E-state index contributed by atoms with van der Waals surface area (Å²) >= 11 is 1.33. The minimum absolute atomic E-state index is 0.0146. The highest BCUT2D eigenvalue weighted by Gasteiger charge is 2.16. The van der Waals surface area contributed by atoms with E-state index in [0.29, 0.717) is 16.9 Å². The predicted octanol–water partition coefficient (Wildman–Crippen LogP) is 4.97. The van der Waals surface area contributed by atoms with Gasteiger partial charge in [0.2, 0.25) is 11.1 Å². The number of carbonyl (C=O) groups excluding carboxylic acids is 1. The van der Waals surface area contributed by atoms with Crippen molar-refractivity contribution in [1.82, 2.24) is 20.5 Å². The smallest absolute Gasteiger partial charge is 0.230 e. The average Bonchev–Trinajstić information content (AvgIpc) is 3.19. The Morgan fingerprint density at radius 2 is 1.76 bits per heavy atom. The summed E-state index contributed by atoms with van der Waals surface area (Å²) in [5.74, 6) is 1.41. The molecule has 0 bridgehead atoms. The van der Waals surface area contributed by atoms with Gasteiger partial charge in [0.1, 0.15) is 5.82 Å². The van der Waals surface area contributed by atoms with Crippen molar-refractivity contribution in [3.63, 3.8) is 0 Å². The van der Waals surface area contributed by atoms with E-state index in [2.05, 4.69) is 46.5 Å². The summed E-state index contributed by atoms with van der Waals surface area (Å²) in [4.78, 5) is 16.9. The van der Waals surface area contributed by atoms with Gasteiger partial charge in [-0.3, -0.25) is 9.89 Å². The Hall–Kier alpha value is -2.86. The number of carbonyl (C=O) groups is 1. The second kappa shape index (κ2) is 10.6. The van der Waals surface area contributed by atoms with Crippen LogP contribution in [0.25, 0.3) is 12.2 Å². The Morgan fingerprint density at radius 1 is 1.07 bits per heavy atom. The van der Waals surface area contributed by atoms with Crippen LogP contribution in [0.1, 0.15) is 43.3 Å². The molecule has 1 aromatic heterocycles. The number of nitrogens with one attached hydrogen (secondary N) is 2. The molecule has 2 aromatic carbocycles. The maximum atomic E-state index is 12.5. The third kappa shape index (κ3) is 6.91. The van der Waals surface area contributed by atoms with Gasteiger partial charge in [0, 0.05) is 0 Å². The van der Waals surface area contributed by atoms with Crippen LogP contribution in [0.5, 0.6) is 0 Å². The van der Waals surface area contributed by atoms with Gasteiger partial charge in [-0.05, 0) is 29.5 Å². The highest BCUT2D eigenvalue weighted by Crippen LogP contribution is 2.22. The highest BCUT2D eigenvalue weighted by molar-refractivity contribution is 7.99. The molecule has 6 heteroatoms. The fourth-order valence-electron chi connectivity index (χ4n) is 2.94. The molecule has 3 aromatic rings. The number of thioether (sulfide) groups is 1. The van der Waals surface area contributed by atoms with E-state index in [9.17, 15) is 4.79 Å². The molecule has 3 rings (SSSR count). The Bertz CT molecular complexity index is 922. The van der Waals surface area contributed by atoms with Gasteiger partial charge < -0.3 is 5.32 Å². The number of nitrogens with zero attached hydrogens (tertiary/aromatic N) is 2. The molecule has 0 spiro atoms. The Kier molecular flexibility index (Phi) is 7.64. The SMILES string of the molecule is CC(C)CC(NC(=O)CSc1n[nH]c(/C=C/c2ccccc2)n1)c1ccccc1. The fourth-order valence-corrected chi connectivity index (χ4v) is 3.55. The van der Waals surface area contributed by atoms with E-state index < -0.39 is 0 Å². The molecule has 1 heterocycles. The number of hydrogen-bond donors (Lipinski definition) is 2. The largest absolute Gasteiger partial charge is 0.349 e. The summed E-state index contributed by atoms with van der Waals surface area (Å²) in [5, 5.41) is 10.8. The predicted molar refractivity (Wildman–Crippen MR) is 119 cm³/mol. The van der Waals surface area contributed by atoms with Crippen LogP contribution in [0, 0.1) is 5.92 Å². The number of hydrogen-bond acceptors (Lipinski definition) is 4. The van der Waals surface area contributed by atoms with Crippen molar-refractivity contribution in [2.75, 3.05) is 5.75 Å². The topological polar surface area (TPSA) is 70.7 Å². The first-order valence-corrected chi connectivity index (χ1v) is 10.7. The zero-order chi connectivity index (χ0) is 20.5. The van der Waals surface area contributed by atoms with E-state index in [1.54, 1.807) is 0 Å². The van der Waals surface area contributed by atoms with Gasteiger partial charge in [0.05, 0.1) is 11.8 Å². The van der Waals surface area contributed by atoms with E-state index in [1.165, 1.54) is 11.8 Å². The van der Waals surface area contributed by atoms with Crippen LogP contribution >= 0.6 is 11.8 Å². The zero-order valence-corrected chi connectivity index (χ0v) is 17.5. The number of amides is 1. The van der Waals surface area contributed by atoms with Crippen molar-refractivity contribution in [2.24, 2.45) is 5.92 Å². The van der Waals surface area contributed by atoms with Crippen LogP contribution in [0.3, 0.4) is 0 Å². The molecule has 0 fully saturated rings. The van der Waals surface area contributed by atoms with Crippen molar-refractivity contribution >= 4 is 29.8 Å². The molecule has 0 saturated heterocycles. The summed E-state index contributed by atoms with van der Waals surface area (Å²) < 4.78 is 0. The number of aromatic nitrogens is 3. The van der Waals surface area contributed by atoms with Gasteiger partial charge in [0.15, 0.2) is 0 Å².